The van der Waals surface area contributed by atoms with E-state index in [0.29, 0.717) is 6.42 Å². The molecule has 0 spiro atoms. The number of unbranched alkanes of at least 4 members (excludes halogenated alkanes) is 2. The highest BCUT2D eigenvalue weighted by Gasteiger charge is 2.07. The molecule has 0 aromatic heterocycles. The minimum absolute atomic E-state index is 0.207. The van der Waals surface area contributed by atoms with Gasteiger partial charge < -0.3 is 5.11 Å². The highest BCUT2D eigenvalue weighted by atomic mass is 19.1. The minimum Gasteiger partial charge on any atom is -0.393 e. The van der Waals surface area contributed by atoms with E-state index in [1.165, 1.54) is 25.0 Å². The van der Waals surface area contributed by atoms with Crippen molar-refractivity contribution < 1.29 is 9.50 Å². The second-order valence-electron chi connectivity index (χ2n) is 4.42. The lowest BCUT2D eigenvalue weighted by Gasteiger charge is -2.12. The first-order chi connectivity index (χ1) is 7.63. The maximum Gasteiger partial charge on any atom is 0.123 e. The number of rotatable bonds is 6. The van der Waals surface area contributed by atoms with Crippen molar-refractivity contribution in [3.8, 4) is 0 Å². The van der Waals surface area contributed by atoms with Crippen molar-refractivity contribution in [1.82, 2.24) is 0 Å². The average molecular weight is 224 g/mol. The number of hydrogen-bond donors (Lipinski definition) is 1. The molecule has 0 bridgehead atoms. The molecule has 0 aliphatic rings. The van der Waals surface area contributed by atoms with Crippen molar-refractivity contribution in [1.29, 1.82) is 0 Å². The summed E-state index contributed by atoms with van der Waals surface area (Å²) in [7, 11) is 0. The van der Waals surface area contributed by atoms with Crippen LogP contribution in [0.3, 0.4) is 0 Å². The Labute approximate surface area is 97.3 Å². The van der Waals surface area contributed by atoms with E-state index in [1.807, 2.05) is 6.92 Å². The van der Waals surface area contributed by atoms with E-state index in [0.717, 1.165) is 24.0 Å². The normalized spacial score (nSPS) is 12.8. The maximum atomic E-state index is 12.9. The monoisotopic (exact) mass is 224 g/mol. The Kier molecular flexibility index (Phi) is 5.47. The first-order valence-electron chi connectivity index (χ1n) is 6.06. The number of halogens is 1. The number of aliphatic hydroxyl groups excluding tert-OH is 1. The van der Waals surface area contributed by atoms with Gasteiger partial charge in [-0.2, -0.15) is 0 Å². The van der Waals surface area contributed by atoms with Crippen LogP contribution in [0.2, 0.25) is 0 Å². The van der Waals surface area contributed by atoms with Gasteiger partial charge in [-0.1, -0.05) is 32.3 Å². The van der Waals surface area contributed by atoms with Gasteiger partial charge in [-0.15, -0.1) is 0 Å². The van der Waals surface area contributed by atoms with Crippen LogP contribution in [0.1, 0.15) is 43.7 Å². The van der Waals surface area contributed by atoms with Gasteiger partial charge in [0.05, 0.1) is 6.10 Å². The number of aliphatic hydroxyl groups is 1. The number of benzene rings is 1. The van der Waals surface area contributed by atoms with Crippen molar-refractivity contribution in [3.63, 3.8) is 0 Å². The zero-order chi connectivity index (χ0) is 12.0. The van der Waals surface area contributed by atoms with Gasteiger partial charge in [-0.05, 0) is 43.0 Å². The molecule has 0 amide bonds. The Hall–Kier alpha value is -0.890. The molecule has 16 heavy (non-hydrogen) atoms. The van der Waals surface area contributed by atoms with Crippen molar-refractivity contribution in [2.24, 2.45) is 0 Å². The summed E-state index contributed by atoms with van der Waals surface area (Å²) < 4.78 is 12.9. The van der Waals surface area contributed by atoms with Crippen LogP contribution in [0.15, 0.2) is 18.2 Å². The van der Waals surface area contributed by atoms with Gasteiger partial charge in [-0.3, -0.25) is 0 Å². The summed E-state index contributed by atoms with van der Waals surface area (Å²) in [6, 6.07) is 4.75. The Morgan fingerprint density at radius 1 is 1.31 bits per heavy atom. The molecule has 1 unspecified atom stereocenters. The highest BCUT2D eigenvalue weighted by Crippen LogP contribution is 2.14. The second-order valence-corrected chi connectivity index (χ2v) is 4.42. The summed E-state index contributed by atoms with van der Waals surface area (Å²) in [5, 5.41) is 9.83. The lowest BCUT2D eigenvalue weighted by Crippen LogP contribution is -2.11. The van der Waals surface area contributed by atoms with Gasteiger partial charge in [-0.25, -0.2) is 4.39 Å². The lowest BCUT2D eigenvalue weighted by atomic mass is 9.99. The minimum atomic E-state index is -0.296. The molecule has 0 radical (unpaired) electrons. The lowest BCUT2D eigenvalue weighted by molar-refractivity contribution is 0.161. The summed E-state index contributed by atoms with van der Waals surface area (Å²) in [5.74, 6) is -0.207. The summed E-state index contributed by atoms with van der Waals surface area (Å²) in [4.78, 5) is 0. The molecule has 0 saturated heterocycles. The van der Waals surface area contributed by atoms with Crippen LogP contribution in [0.4, 0.5) is 4.39 Å². The number of aryl methyl sites for hydroxylation is 1. The number of hydrogen-bond acceptors (Lipinski definition) is 1. The Balaban J connectivity index is 2.46. The molecule has 1 rings (SSSR count). The van der Waals surface area contributed by atoms with Crippen molar-refractivity contribution in [2.45, 2.75) is 52.1 Å². The summed E-state index contributed by atoms with van der Waals surface area (Å²) in [5.41, 5.74) is 1.97. The van der Waals surface area contributed by atoms with Crippen LogP contribution in [0.5, 0.6) is 0 Å². The summed E-state index contributed by atoms with van der Waals surface area (Å²) in [6.07, 6.45) is 4.58. The molecule has 90 valence electrons. The third-order valence-corrected chi connectivity index (χ3v) is 2.90. The highest BCUT2D eigenvalue weighted by molar-refractivity contribution is 5.27. The van der Waals surface area contributed by atoms with E-state index in [9.17, 15) is 9.50 Å². The van der Waals surface area contributed by atoms with Gasteiger partial charge in [0.25, 0.3) is 0 Å². The van der Waals surface area contributed by atoms with Crippen LogP contribution in [-0.4, -0.2) is 11.2 Å². The molecule has 0 fully saturated rings. The smallest absolute Gasteiger partial charge is 0.123 e. The predicted molar refractivity (Wildman–Crippen MR) is 65.0 cm³/mol. The van der Waals surface area contributed by atoms with E-state index >= 15 is 0 Å². The maximum absolute atomic E-state index is 12.9. The van der Waals surface area contributed by atoms with Gasteiger partial charge in [0, 0.05) is 0 Å². The largest absolute Gasteiger partial charge is 0.393 e. The van der Waals surface area contributed by atoms with Crippen LogP contribution in [0.25, 0.3) is 0 Å². The fourth-order valence-corrected chi connectivity index (χ4v) is 1.87. The Morgan fingerprint density at radius 3 is 2.69 bits per heavy atom. The standard InChI is InChI=1S/C14H21FO/c1-3-4-5-6-14(16)10-12-7-8-13(15)9-11(12)2/h7-9,14,16H,3-6,10H2,1-2H3. The van der Waals surface area contributed by atoms with E-state index < -0.39 is 0 Å². The molecule has 1 aromatic carbocycles. The topological polar surface area (TPSA) is 20.2 Å². The third-order valence-electron chi connectivity index (χ3n) is 2.90. The SMILES string of the molecule is CCCCCC(O)Cc1ccc(F)cc1C. The second kappa shape index (κ2) is 6.64. The van der Waals surface area contributed by atoms with Crippen LogP contribution in [0, 0.1) is 12.7 Å². The third kappa shape index (κ3) is 4.31. The molecule has 1 atom stereocenters. The Morgan fingerprint density at radius 2 is 2.06 bits per heavy atom. The van der Waals surface area contributed by atoms with Gasteiger partial charge in [0.15, 0.2) is 0 Å². The zero-order valence-electron chi connectivity index (χ0n) is 10.2. The predicted octanol–water partition coefficient (Wildman–Crippen LogP) is 3.62. The van der Waals surface area contributed by atoms with E-state index in [1.54, 1.807) is 6.07 Å². The molecule has 0 heterocycles. The molecule has 0 aliphatic heterocycles. The van der Waals surface area contributed by atoms with Crippen molar-refractivity contribution >= 4 is 0 Å². The van der Waals surface area contributed by atoms with Gasteiger partial charge in [0.2, 0.25) is 0 Å². The molecular weight excluding hydrogens is 203 g/mol. The first kappa shape index (κ1) is 13.2. The van der Waals surface area contributed by atoms with Crippen LogP contribution < -0.4 is 0 Å². The summed E-state index contributed by atoms with van der Waals surface area (Å²) in [6.45, 7) is 4.04. The van der Waals surface area contributed by atoms with Crippen LogP contribution >= 0.6 is 0 Å². The van der Waals surface area contributed by atoms with E-state index in [2.05, 4.69) is 6.92 Å². The average Bonchev–Trinajstić information content (AvgIpc) is 2.23. The van der Waals surface area contributed by atoms with Crippen molar-refractivity contribution in [2.75, 3.05) is 0 Å². The molecule has 1 N–H and O–H groups in total. The van der Waals surface area contributed by atoms with Gasteiger partial charge in [0.1, 0.15) is 5.82 Å². The molecule has 1 aromatic rings. The Bertz CT molecular complexity index is 323. The fraction of sp³-hybridized carbons (Fsp3) is 0.571. The van der Waals surface area contributed by atoms with Crippen molar-refractivity contribution in [3.05, 3.63) is 35.1 Å². The molecule has 1 nitrogen and oxygen atoms in total. The zero-order valence-corrected chi connectivity index (χ0v) is 10.2. The fourth-order valence-electron chi connectivity index (χ4n) is 1.87. The molecule has 0 saturated carbocycles. The molecular formula is C14H21FO. The van der Waals surface area contributed by atoms with Gasteiger partial charge >= 0.3 is 0 Å². The quantitative estimate of drug-likeness (QED) is 0.732. The summed E-state index contributed by atoms with van der Waals surface area (Å²) >= 11 is 0. The van der Waals surface area contributed by atoms with E-state index in [4.69, 9.17) is 0 Å². The van der Waals surface area contributed by atoms with Crippen LogP contribution in [-0.2, 0) is 6.42 Å². The van der Waals surface area contributed by atoms with E-state index in [-0.39, 0.29) is 11.9 Å². The first-order valence-corrected chi connectivity index (χ1v) is 6.06. The molecule has 2 heteroatoms. The molecule has 0 aliphatic carbocycles.